The van der Waals surface area contributed by atoms with Crippen molar-refractivity contribution >= 4 is 5.95 Å². The highest BCUT2D eigenvalue weighted by Gasteiger charge is 2.41. The first-order valence-electron chi connectivity index (χ1n) is 6.40. The quantitative estimate of drug-likeness (QED) is 0.723. The van der Waals surface area contributed by atoms with Crippen molar-refractivity contribution in [1.82, 2.24) is 9.97 Å². The minimum Gasteiger partial charge on any atom is -0.337 e. The van der Waals surface area contributed by atoms with Gasteiger partial charge in [-0.05, 0) is 30.7 Å². The maximum atomic E-state index is 4.40. The SMILES string of the molecule is CC1CN(c2ncccn2)C2CCCCC12. The maximum absolute atomic E-state index is 4.40. The molecule has 2 fully saturated rings. The fourth-order valence-electron chi connectivity index (χ4n) is 3.44. The van der Waals surface area contributed by atoms with Gasteiger partial charge in [-0.3, -0.25) is 0 Å². The fourth-order valence-corrected chi connectivity index (χ4v) is 3.44. The number of hydrogen-bond acceptors (Lipinski definition) is 3. The van der Waals surface area contributed by atoms with Crippen molar-refractivity contribution in [3.8, 4) is 0 Å². The second-order valence-corrected chi connectivity index (χ2v) is 5.19. The molecule has 2 heterocycles. The number of rotatable bonds is 1. The summed E-state index contributed by atoms with van der Waals surface area (Å²) in [6.45, 7) is 3.52. The maximum Gasteiger partial charge on any atom is 0.225 e. The van der Waals surface area contributed by atoms with E-state index in [0.29, 0.717) is 6.04 Å². The molecule has 0 aromatic carbocycles. The zero-order chi connectivity index (χ0) is 11.0. The Kier molecular flexibility index (Phi) is 2.54. The van der Waals surface area contributed by atoms with Crippen LogP contribution >= 0.6 is 0 Å². The van der Waals surface area contributed by atoms with E-state index in [2.05, 4.69) is 21.8 Å². The molecule has 1 saturated heterocycles. The third-order valence-corrected chi connectivity index (χ3v) is 4.21. The Morgan fingerprint density at radius 3 is 2.75 bits per heavy atom. The normalized spacial score (nSPS) is 33.8. The summed E-state index contributed by atoms with van der Waals surface area (Å²) in [5.41, 5.74) is 0. The summed E-state index contributed by atoms with van der Waals surface area (Å²) in [6.07, 6.45) is 9.21. The third-order valence-electron chi connectivity index (χ3n) is 4.21. The Hall–Kier alpha value is -1.12. The molecule has 2 aliphatic rings. The highest BCUT2D eigenvalue weighted by molar-refractivity contribution is 5.34. The van der Waals surface area contributed by atoms with Crippen LogP contribution in [0, 0.1) is 11.8 Å². The third kappa shape index (κ3) is 1.58. The molecule has 0 amide bonds. The van der Waals surface area contributed by atoms with E-state index in [1.807, 2.05) is 18.5 Å². The summed E-state index contributed by atoms with van der Waals surface area (Å²) >= 11 is 0. The van der Waals surface area contributed by atoms with E-state index in [0.717, 1.165) is 24.3 Å². The van der Waals surface area contributed by atoms with Gasteiger partial charge in [0.2, 0.25) is 5.95 Å². The van der Waals surface area contributed by atoms with Crippen LogP contribution in [0.15, 0.2) is 18.5 Å². The molecule has 3 nitrogen and oxygen atoms in total. The molecular weight excluding hydrogens is 198 g/mol. The van der Waals surface area contributed by atoms with Gasteiger partial charge in [0.25, 0.3) is 0 Å². The van der Waals surface area contributed by atoms with Gasteiger partial charge in [0.05, 0.1) is 0 Å². The van der Waals surface area contributed by atoms with Crippen LogP contribution in [-0.4, -0.2) is 22.6 Å². The van der Waals surface area contributed by atoms with E-state index in [1.54, 1.807) is 0 Å². The van der Waals surface area contributed by atoms with Gasteiger partial charge < -0.3 is 4.90 Å². The Labute approximate surface area is 96.9 Å². The van der Waals surface area contributed by atoms with E-state index in [9.17, 15) is 0 Å². The van der Waals surface area contributed by atoms with Gasteiger partial charge in [0.15, 0.2) is 0 Å². The van der Waals surface area contributed by atoms with E-state index in [-0.39, 0.29) is 0 Å². The molecule has 0 bridgehead atoms. The summed E-state index contributed by atoms with van der Waals surface area (Å²) in [5, 5.41) is 0. The van der Waals surface area contributed by atoms with E-state index in [1.165, 1.54) is 25.7 Å². The second kappa shape index (κ2) is 4.04. The average molecular weight is 217 g/mol. The standard InChI is InChI=1S/C13H19N3/c1-10-9-16(13-14-7-4-8-15-13)12-6-3-2-5-11(10)12/h4,7-8,10-12H,2-3,5-6,9H2,1H3. The summed E-state index contributed by atoms with van der Waals surface area (Å²) in [6, 6.07) is 2.59. The van der Waals surface area contributed by atoms with Gasteiger partial charge in [-0.2, -0.15) is 0 Å². The van der Waals surface area contributed by atoms with E-state index in [4.69, 9.17) is 0 Å². The lowest BCUT2D eigenvalue weighted by atomic mass is 9.80. The number of nitrogens with zero attached hydrogens (tertiary/aromatic N) is 3. The molecule has 3 unspecified atom stereocenters. The highest BCUT2D eigenvalue weighted by atomic mass is 15.3. The zero-order valence-corrected chi connectivity index (χ0v) is 9.84. The highest BCUT2D eigenvalue weighted by Crippen LogP contribution is 2.40. The van der Waals surface area contributed by atoms with Crippen molar-refractivity contribution in [2.24, 2.45) is 11.8 Å². The summed E-state index contributed by atoms with van der Waals surface area (Å²) in [4.78, 5) is 11.2. The van der Waals surface area contributed by atoms with Crippen molar-refractivity contribution in [3.05, 3.63) is 18.5 Å². The molecule has 1 aromatic rings. The largest absolute Gasteiger partial charge is 0.337 e. The molecule has 0 spiro atoms. The first kappa shape index (κ1) is 10.1. The molecule has 16 heavy (non-hydrogen) atoms. The number of aromatic nitrogens is 2. The Bertz CT molecular complexity index is 351. The van der Waals surface area contributed by atoms with Crippen LogP contribution in [0.5, 0.6) is 0 Å². The number of fused-ring (bicyclic) bond motifs is 1. The first-order chi connectivity index (χ1) is 7.86. The summed E-state index contributed by atoms with van der Waals surface area (Å²) < 4.78 is 0. The van der Waals surface area contributed by atoms with E-state index >= 15 is 0 Å². The lowest BCUT2D eigenvalue weighted by Gasteiger charge is -2.32. The van der Waals surface area contributed by atoms with Gasteiger partial charge in [0.1, 0.15) is 0 Å². The van der Waals surface area contributed by atoms with Crippen molar-refractivity contribution in [1.29, 1.82) is 0 Å². The van der Waals surface area contributed by atoms with Crippen LogP contribution in [0.4, 0.5) is 5.95 Å². The average Bonchev–Trinajstić information content (AvgIpc) is 2.69. The smallest absolute Gasteiger partial charge is 0.225 e. The first-order valence-corrected chi connectivity index (χ1v) is 6.40. The molecule has 1 aromatic heterocycles. The van der Waals surface area contributed by atoms with Gasteiger partial charge >= 0.3 is 0 Å². The topological polar surface area (TPSA) is 29.0 Å². The van der Waals surface area contributed by atoms with Gasteiger partial charge in [0, 0.05) is 25.0 Å². The molecule has 0 N–H and O–H groups in total. The second-order valence-electron chi connectivity index (χ2n) is 5.19. The predicted molar refractivity (Wildman–Crippen MR) is 64.3 cm³/mol. The van der Waals surface area contributed by atoms with Crippen LogP contribution in [0.3, 0.4) is 0 Å². The lowest BCUT2D eigenvalue weighted by molar-refractivity contribution is 0.293. The van der Waals surface area contributed by atoms with Crippen molar-refractivity contribution in [2.45, 2.75) is 38.6 Å². The molecule has 1 aliphatic carbocycles. The van der Waals surface area contributed by atoms with Gasteiger partial charge in [-0.15, -0.1) is 0 Å². The monoisotopic (exact) mass is 217 g/mol. The number of anilines is 1. The van der Waals surface area contributed by atoms with Crippen molar-refractivity contribution < 1.29 is 0 Å². The van der Waals surface area contributed by atoms with Crippen molar-refractivity contribution in [3.63, 3.8) is 0 Å². The Morgan fingerprint density at radius 1 is 1.19 bits per heavy atom. The fraction of sp³-hybridized carbons (Fsp3) is 0.692. The van der Waals surface area contributed by atoms with E-state index < -0.39 is 0 Å². The predicted octanol–water partition coefficient (Wildman–Crippen LogP) is 2.49. The lowest BCUT2D eigenvalue weighted by Crippen LogP contribution is -2.35. The molecular formula is C13H19N3. The molecule has 1 aliphatic heterocycles. The number of hydrogen-bond donors (Lipinski definition) is 0. The summed E-state index contributed by atoms with van der Waals surface area (Å²) in [7, 11) is 0. The minimum absolute atomic E-state index is 0.700. The molecule has 3 atom stereocenters. The summed E-state index contributed by atoms with van der Waals surface area (Å²) in [5.74, 6) is 2.61. The van der Waals surface area contributed by atoms with Crippen LogP contribution < -0.4 is 4.90 Å². The minimum atomic E-state index is 0.700. The molecule has 3 heteroatoms. The van der Waals surface area contributed by atoms with Crippen LogP contribution in [0.1, 0.15) is 32.6 Å². The zero-order valence-electron chi connectivity index (χ0n) is 9.84. The van der Waals surface area contributed by atoms with Crippen LogP contribution in [0.25, 0.3) is 0 Å². The van der Waals surface area contributed by atoms with Crippen molar-refractivity contribution in [2.75, 3.05) is 11.4 Å². The molecule has 0 radical (unpaired) electrons. The Balaban J connectivity index is 1.86. The van der Waals surface area contributed by atoms with Crippen LogP contribution in [-0.2, 0) is 0 Å². The molecule has 3 rings (SSSR count). The van der Waals surface area contributed by atoms with Gasteiger partial charge in [-0.25, -0.2) is 9.97 Å². The molecule has 86 valence electrons. The molecule has 1 saturated carbocycles. The van der Waals surface area contributed by atoms with Crippen LogP contribution in [0.2, 0.25) is 0 Å². The van der Waals surface area contributed by atoms with Gasteiger partial charge in [-0.1, -0.05) is 19.8 Å². The Morgan fingerprint density at radius 2 is 1.94 bits per heavy atom.